The molecule has 28 heavy (non-hydrogen) atoms. The van der Waals surface area contributed by atoms with Crippen molar-refractivity contribution in [1.82, 2.24) is 15.3 Å². The maximum atomic E-state index is 12.3. The van der Waals surface area contributed by atoms with Crippen molar-refractivity contribution in [2.24, 2.45) is 0 Å². The summed E-state index contributed by atoms with van der Waals surface area (Å²) in [7, 11) is 0. The number of carbonyl (C=O) groups excluding carboxylic acids is 2. The molecule has 0 spiro atoms. The molecule has 0 unspecified atom stereocenters. The van der Waals surface area contributed by atoms with Gasteiger partial charge < -0.3 is 10.1 Å². The number of nitrogens with one attached hydrogen (secondary N) is 1. The summed E-state index contributed by atoms with van der Waals surface area (Å²) in [6.07, 6.45) is 3.36. The van der Waals surface area contributed by atoms with E-state index in [1.807, 2.05) is 37.3 Å². The van der Waals surface area contributed by atoms with Gasteiger partial charge in [0.1, 0.15) is 16.5 Å². The van der Waals surface area contributed by atoms with E-state index in [1.165, 1.54) is 11.3 Å². The lowest BCUT2D eigenvalue weighted by molar-refractivity contribution is -0.121. The van der Waals surface area contributed by atoms with Crippen LogP contribution < -0.4 is 15.0 Å². The van der Waals surface area contributed by atoms with Gasteiger partial charge in [0.15, 0.2) is 6.61 Å². The summed E-state index contributed by atoms with van der Waals surface area (Å²) in [5.41, 5.74) is 3.10. The van der Waals surface area contributed by atoms with E-state index < -0.39 is 0 Å². The highest BCUT2D eigenvalue weighted by Crippen LogP contribution is 2.34. The molecule has 0 saturated heterocycles. The van der Waals surface area contributed by atoms with Crippen LogP contribution in [0.4, 0.5) is 5.69 Å². The number of anilines is 1. The number of aryl methyl sites for hydroxylation is 1. The van der Waals surface area contributed by atoms with E-state index >= 15 is 0 Å². The second-order valence-corrected chi connectivity index (χ2v) is 7.35. The van der Waals surface area contributed by atoms with Crippen LogP contribution in [0.25, 0.3) is 0 Å². The summed E-state index contributed by atoms with van der Waals surface area (Å²) < 4.78 is 5.53. The Morgan fingerprint density at radius 2 is 2.11 bits per heavy atom. The monoisotopic (exact) mass is 394 g/mol. The van der Waals surface area contributed by atoms with Gasteiger partial charge in [-0.05, 0) is 42.3 Å². The second-order valence-electron chi connectivity index (χ2n) is 6.40. The molecular weight excluding hydrogens is 376 g/mol. The Balaban J connectivity index is 1.45. The third kappa shape index (κ3) is 3.86. The zero-order valence-corrected chi connectivity index (χ0v) is 16.0. The van der Waals surface area contributed by atoms with Crippen LogP contribution >= 0.6 is 11.3 Å². The van der Waals surface area contributed by atoms with E-state index in [9.17, 15) is 9.59 Å². The maximum Gasteiger partial charge on any atom is 0.271 e. The molecule has 0 aliphatic carbocycles. The van der Waals surface area contributed by atoms with Crippen molar-refractivity contribution in [2.75, 3.05) is 11.5 Å². The molecule has 0 saturated carbocycles. The molecule has 0 atom stereocenters. The van der Waals surface area contributed by atoms with Gasteiger partial charge in [0.05, 0.1) is 12.2 Å². The summed E-state index contributed by atoms with van der Waals surface area (Å²) in [5.74, 6) is 0.311. The molecule has 142 valence electrons. The lowest BCUT2D eigenvalue weighted by atomic mass is 10.1. The number of thiazole rings is 1. The van der Waals surface area contributed by atoms with Crippen LogP contribution in [0.1, 0.15) is 26.6 Å². The molecule has 1 aliphatic rings. The largest absolute Gasteiger partial charge is 0.482 e. The van der Waals surface area contributed by atoms with E-state index in [0.717, 1.165) is 16.8 Å². The first kappa shape index (κ1) is 18.1. The molecule has 8 heteroatoms. The van der Waals surface area contributed by atoms with Crippen molar-refractivity contribution in [3.8, 4) is 5.75 Å². The number of carbonyl (C=O) groups is 2. The first-order chi connectivity index (χ1) is 13.6. The Morgan fingerprint density at radius 1 is 1.29 bits per heavy atom. The zero-order chi connectivity index (χ0) is 19.5. The topological polar surface area (TPSA) is 84.4 Å². The Hall–Kier alpha value is -3.26. The smallest absolute Gasteiger partial charge is 0.271 e. The summed E-state index contributed by atoms with van der Waals surface area (Å²) in [5, 5.41) is 5.24. The number of nitrogens with zero attached hydrogens (tertiary/aromatic N) is 3. The van der Waals surface area contributed by atoms with Gasteiger partial charge in [-0.15, -0.1) is 11.3 Å². The Bertz CT molecular complexity index is 1020. The first-order valence-electron chi connectivity index (χ1n) is 8.75. The highest BCUT2D eigenvalue weighted by atomic mass is 32.1. The fraction of sp³-hybridized carbons (Fsp3) is 0.200. The van der Waals surface area contributed by atoms with Crippen molar-refractivity contribution in [1.29, 1.82) is 0 Å². The molecule has 7 nitrogen and oxygen atoms in total. The van der Waals surface area contributed by atoms with Gasteiger partial charge in [-0.2, -0.15) is 0 Å². The molecule has 2 amide bonds. The number of aromatic nitrogens is 2. The Morgan fingerprint density at radius 3 is 2.93 bits per heavy atom. The fourth-order valence-corrected chi connectivity index (χ4v) is 3.64. The number of hydrogen-bond acceptors (Lipinski definition) is 6. The Labute approximate surface area is 166 Å². The third-order valence-electron chi connectivity index (χ3n) is 4.34. The number of pyridine rings is 1. The molecule has 1 N–H and O–H groups in total. The SMILES string of the molecule is Cc1ccc2c(c1)OCC(=O)N2Cc1nc(C(=O)NCc2ccncc2)cs1. The van der Waals surface area contributed by atoms with Gasteiger partial charge >= 0.3 is 0 Å². The van der Waals surface area contributed by atoms with Crippen LogP contribution in [-0.4, -0.2) is 28.4 Å². The predicted molar refractivity (Wildman–Crippen MR) is 105 cm³/mol. The number of fused-ring (bicyclic) bond motifs is 1. The first-order valence-corrected chi connectivity index (χ1v) is 9.63. The molecule has 4 rings (SSSR count). The third-order valence-corrected chi connectivity index (χ3v) is 5.17. The van der Waals surface area contributed by atoms with Crippen LogP contribution in [-0.2, 0) is 17.9 Å². The lowest BCUT2D eigenvalue weighted by Crippen LogP contribution is -2.38. The summed E-state index contributed by atoms with van der Waals surface area (Å²) in [6, 6.07) is 9.41. The van der Waals surface area contributed by atoms with E-state index in [1.54, 1.807) is 22.7 Å². The number of rotatable bonds is 5. The van der Waals surface area contributed by atoms with Crippen molar-refractivity contribution >= 4 is 28.8 Å². The maximum absolute atomic E-state index is 12.3. The lowest BCUT2D eigenvalue weighted by Gasteiger charge is -2.28. The van der Waals surface area contributed by atoms with E-state index in [-0.39, 0.29) is 18.4 Å². The number of hydrogen-bond donors (Lipinski definition) is 1. The molecule has 3 heterocycles. The second kappa shape index (κ2) is 7.77. The summed E-state index contributed by atoms with van der Waals surface area (Å²) in [6.45, 7) is 2.69. The van der Waals surface area contributed by atoms with Gasteiger partial charge in [0.25, 0.3) is 11.8 Å². The molecule has 0 radical (unpaired) electrons. The van der Waals surface area contributed by atoms with Crippen molar-refractivity contribution < 1.29 is 14.3 Å². The number of ether oxygens (including phenoxy) is 1. The van der Waals surface area contributed by atoms with Crippen LogP contribution in [0.3, 0.4) is 0 Å². The summed E-state index contributed by atoms with van der Waals surface area (Å²) in [4.78, 5) is 34.7. The number of amides is 2. The fourth-order valence-electron chi connectivity index (χ4n) is 2.88. The van der Waals surface area contributed by atoms with Gasteiger partial charge in [0.2, 0.25) is 0 Å². The zero-order valence-electron chi connectivity index (χ0n) is 15.2. The van der Waals surface area contributed by atoms with Gasteiger partial charge in [0, 0.05) is 24.3 Å². The standard InChI is InChI=1S/C20H18N4O3S/c1-13-2-3-16-17(8-13)27-11-19(25)24(16)10-18-23-15(12-28-18)20(26)22-9-14-4-6-21-7-5-14/h2-8,12H,9-11H2,1H3,(H,22,26). The molecule has 3 aromatic rings. The minimum absolute atomic E-state index is 0.00110. The minimum atomic E-state index is -0.247. The normalized spacial score (nSPS) is 13.0. The Kier molecular flexibility index (Phi) is 5.03. The minimum Gasteiger partial charge on any atom is -0.482 e. The van der Waals surface area contributed by atoms with Crippen molar-refractivity contribution in [2.45, 2.75) is 20.0 Å². The molecule has 1 aromatic carbocycles. The predicted octanol–water partition coefficient (Wildman–Crippen LogP) is 2.70. The highest BCUT2D eigenvalue weighted by molar-refractivity contribution is 7.09. The van der Waals surface area contributed by atoms with Gasteiger partial charge in [-0.3, -0.25) is 19.5 Å². The molecule has 0 fully saturated rings. The van der Waals surface area contributed by atoms with Gasteiger partial charge in [-0.1, -0.05) is 6.07 Å². The summed E-state index contributed by atoms with van der Waals surface area (Å²) >= 11 is 1.36. The quantitative estimate of drug-likeness (QED) is 0.719. The van der Waals surface area contributed by atoms with Crippen LogP contribution in [0.2, 0.25) is 0 Å². The van der Waals surface area contributed by atoms with E-state index in [0.29, 0.717) is 29.5 Å². The average molecular weight is 394 g/mol. The van der Waals surface area contributed by atoms with Crippen LogP contribution in [0.15, 0.2) is 48.1 Å². The average Bonchev–Trinajstić information content (AvgIpc) is 3.18. The molecule has 0 bridgehead atoms. The van der Waals surface area contributed by atoms with Crippen molar-refractivity contribution in [3.63, 3.8) is 0 Å². The molecular formula is C20H18N4O3S. The highest BCUT2D eigenvalue weighted by Gasteiger charge is 2.26. The molecule has 2 aromatic heterocycles. The van der Waals surface area contributed by atoms with Crippen LogP contribution in [0.5, 0.6) is 5.75 Å². The van der Waals surface area contributed by atoms with Gasteiger partial charge in [-0.25, -0.2) is 4.98 Å². The van der Waals surface area contributed by atoms with E-state index in [4.69, 9.17) is 4.74 Å². The van der Waals surface area contributed by atoms with E-state index in [2.05, 4.69) is 15.3 Å². The van der Waals surface area contributed by atoms with Crippen molar-refractivity contribution in [3.05, 3.63) is 69.9 Å². The number of benzene rings is 1. The van der Waals surface area contributed by atoms with Crippen LogP contribution in [0, 0.1) is 6.92 Å². The molecule has 1 aliphatic heterocycles.